The number of hydrogen-bond donors (Lipinski definition) is 0. The summed E-state index contributed by atoms with van der Waals surface area (Å²) in [5.74, 6) is 0. The Bertz CT molecular complexity index is 3430. The summed E-state index contributed by atoms with van der Waals surface area (Å²) in [7, 11) is 0. The number of fused-ring (bicyclic) bond motifs is 6. The van der Waals surface area contributed by atoms with E-state index in [-0.39, 0.29) is 10.8 Å². The second-order valence-corrected chi connectivity index (χ2v) is 18.6. The third-order valence-electron chi connectivity index (χ3n) is 14.6. The molecule has 10 aromatic rings. The van der Waals surface area contributed by atoms with Crippen LogP contribution in [-0.4, -0.2) is 0 Å². The molecule has 1 atom stereocenters. The molecule has 0 spiro atoms. The molecule has 0 N–H and O–H groups in total. The lowest BCUT2D eigenvalue weighted by atomic mass is 9.74. The number of anilines is 3. The van der Waals surface area contributed by atoms with E-state index in [0.717, 1.165) is 17.1 Å². The number of rotatable bonds is 8. The van der Waals surface area contributed by atoms with E-state index in [1.165, 1.54) is 94.6 Å². The van der Waals surface area contributed by atoms with Gasteiger partial charge >= 0.3 is 0 Å². The molecule has 0 bridgehead atoms. The number of nitrogens with zero attached hydrogens (tertiary/aromatic N) is 1. The Morgan fingerprint density at radius 1 is 0.288 bits per heavy atom. The molecule has 12 rings (SSSR count). The van der Waals surface area contributed by atoms with Gasteiger partial charge in [0.2, 0.25) is 0 Å². The minimum absolute atomic E-state index is 0.110. The van der Waals surface area contributed by atoms with Crippen molar-refractivity contribution in [2.45, 2.75) is 31.6 Å². The molecule has 314 valence electrons. The molecule has 10 aromatic carbocycles. The minimum atomic E-state index is -0.261. The molecule has 0 saturated carbocycles. The van der Waals surface area contributed by atoms with E-state index in [1.54, 1.807) is 0 Å². The van der Waals surface area contributed by atoms with Crippen molar-refractivity contribution in [3.05, 3.63) is 270 Å². The van der Waals surface area contributed by atoms with E-state index in [9.17, 15) is 0 Å². The van der Waals surface area contributed by atoms with Gasteiger partial charge in [0.15, 0.2) is 0 Å². The van der Waals surface area contributed by atoms with Crippen molar-refractivity contribution in [1.29, 1.82) is 0 Å². The second-order valence-electron chi connectivity index (χ2n) is 18.6. The molecular formula is C65H49N. The van der Waals surface area contributed by atoms with Crippen molar-refractivity contribution in [2.75, 3.05) is 4.90 Å². The number of hydrogen-bond acceptors (Lipinski definition) is 1. The smallest absolute Gasteiger partial charge is 0.0540 e. The van der Waals surface area contributed by atoms with Gasteiger partial charge in [-0.05, 0) is 121 Å². The van der Waals surface area contributed by atoms with Gasteiger partial charge in [-0.2, -0.15) is 0 Å². The number of para-hydroxylation sites is 2. The highest BCUT2D eigenvalue weighted by Crippen LogP contribution is 2.56. The van der Waals surface area contributed by atoms with E-state index < -0.39 is 0 Å². The van der Waals surface area contributed by atoms with Gasteiger partial charge in [-0.25, -0.2) is 0 Å². The summed E-state index contributed by atoms with van der Waals surface area (Å²) in [4.78, 5) is 2.49. The van der Waals surface area contributed by atoms with E-state index in [4.69, 9.17) is 0 Å². The van der Waals surface area contributed by atoms with Crippen molar-refractivity contribution in [1.82, 2.24) is 0 Å². The van der Waals surface area contributed by atoms with Crippen LogP contribution in [0.3, 0.4) is 0 Å². The summed E-state index contributed by atoms with van der Waals surface area (Å²) >= 11 is 0. The Kier molecular flexibility index (Phi) is 9.36. The highest BCUT2D eigenvalue weighted by molar-refractivity contribution is 6.00. The average Bonchev–Trinajstić information content (AvgIpc) is 3.79. The topological polar surface area (TPSA) is 3.24 Å². The fourth-order valence-electron chi connectivity index (χ4n) is 11.2. The molecule has 0 radical (unpaired) electrons. The predicted octanol–water partition coefficient (Wildman–Crippen LogP) is 17.5. The maximum atomic E-state index is 2.49. The first kappa shape index (κ1) is 39.6. The van der Waals surface area contributed by atoms with Crippen LogP contribution >= 0.6 is 0 Å². The third-order valence-corrected chi connectivity index (χ3v) is 14.6. The lowest BCUT2D eigenvalue weighted by molar-refractivity contribution is 0.660. The molecule has 0 heterocycles. The van der Waals surface area contributed by atoms with Crippen LogP contribution in [0.25, 0.3) is 66.8 Å². The summed E-state index contributed by atoms with van der Waals surface area (Å²) in [5, 5.41) is 0. The van der Waals surface area contributed by atoms with Crippen LogP contribution in [0, 0.1) is 0 Å². The molecule has 2 aliphatic rings. The first-order chi connectivity index (χ1) is 32.4. The lowest BCUT2D eigenvalue weighted by Gasteiger charge is -2.31. The lowest BCUT2D eigenvalue weighted by Crippen LogP contribution is -2.22. The van der Waals surface area contributed by atoms with Gasteiger partial charge in [0, 0.05) is 27.6 Å². The largest absolute Gasteiger partial charge is 0.309 e. The van der Waals surface area contributed by atoms with Gasteiger partial charge in [0.05, 0.1) is 11.4 Å². The molecule has 0 aliphatic heterocycles. The average molecular weight is 844 g/mol. The Hall–Kier alpha value is -8.00. The Morgan fingerprint density at radius 3 is 1.42 bits per heavy atom. The molecular weight excluding hydrogens is 795 g/mol. The zero-order valence-electron chi connectivity index (χ0n) is 37.5. The molecule has 0 aromatic heterocycles. The van der Waals surface area contributed by atoms with Crippen LogP contribution < -0.4 is 4.90 Å². The molecule has 0 saturated heterocycles. The standard InChI is InChI=1S/C65H49N/c1-64(2)57-28-14-11-26-55(57)63-54(27-18-30-60(63)64)53-25-13-17-32-62(53)66(50-40-37-47(38-41-50)46-35-33-45(34-36-46)44-19-6-4-7-20-44)61-31-16-12-23-51(61)48-39-42-59-56(43-48)52-24-10-15-29-58(52)65(59,3)49-21-8-5-9-22-49/h4-43H,1-3H3. The summed E-state index contributed by atoms with van der Waals surface area (Å²) in [6, 6.07) is 89.7. The third kappa shape index (κ3) is 6.22. The van der Waals surface area contributed by atoms with Crippen LogP contribution in [0.2, 0.25) is 0 Å². The molecule has 1 nitrogen and oxygen atoms in total. The molecule has 0 amide bonds. The van der Waals surface area contributed by atoms with Crippen LogP contribution in [-0.2, 0) is 10.8 Å². The maximum Gasteiger partial charge on any atom is 0.0540 e. The van der Waals surface area contributed by atoms with Gasteiger partial charge in [-0.3, -0.25) is 0 Å². The van der Waals surface area contributed by atoms with Gasteiger partial charge in [-0.15, -0.1) is 0 Å². The van der Waals surface area contributed by atoms with Crippen molar-refractivity contribution in [3.8, 4) is 66.8 Å². The maximum absolute atomic E-state index is 2.49. The number of benzene rings is 10. The fourth-order valence-corrected chi connectivity index (χ4v) is 11.2. The molecule has 1 unspecified atom stereocenters. The van der Waals surface area contributed by atoms with Crippen molar-refractivity contribution in [2.24, 2.45) is 0 Å². The zero-order chi connectivity index (χ0) is 44.4. The first-order valence-electron chi connectivity index (χ1n) is 23.2. The fraction of sp³-hybridized carbons (Fsp3) is 0.0769. The zero-order valence-corrected chi connectivity index (χ0v) is 37.5. The Morgan fingerprint density at radius 2 is 0.742 bits per heavy atom. The summed E-state index contributed by atoms with van der Waals surface area (Å²) in [6.45, 7) is 7.12. The van der Waals surface area contributed by atoms with Crippen molar-refractivity contribution < 1.29 is 0 Å². The normalized spacial score (nSPS) is 15.1. The molecule has 1 heteroatoms. The van der Waals surface area contributed by atoms with Gasteiger partial charge in [-0.1, -0.05) is 226 Å². The van der Waals surface area contributed by atoms with E-state index in [2.05, 4.69) is 268 Å². The SMILES string of the molecule is CC1(C)c2ccccc2-c2c(-c3ccccc3N(c3ccc(-c4ccc(-c5ccccc5)cc4)cc3)c3ccccc3-c3ccc4c(c3)-c3ccccc3C4(C)c3ccccc3)cccc21. The summed E-state index contributed by atoms with van der Waals surface area (Å²) in [6.07, 6.45) is 0. The van der Waals surface area contributed by atoms with Crippen LogP contribution in [0.15, 0.2) is 243 Å². The monoisotopic (exact) mass is 843 g/mol. The second kappa shape index (κ2) is 15.6. The minimum Gasteiger partial charge on any atom is -0.309 e. The Labute approximate surface area is 389 Å². The van der Waals surface area contributed by atoms with Gasteiger partial charge in [0.25, 0.3) is 0 Å². The van der Waals surface area contributed by atoms with Crippen LogP contribution in [0.4, 0.5) is 17.1 Å². The van der Waals surface area contributed by atoms with Crippen molar-refractivity contribution in [3.63, 3.8) is 0 Å². The van der Waals surface area contributed by atoms with Gasteiger partial charge < -0.3 is 4.90 Å². The van der Waals surface area contributed by atoms with Crippen molar-refractivity contribution >= 4 is 17.1 Å². The first-order valence-corrected chi connectivity index (χ1v) is 23.2. The highest BCUT2D eigenvalue weighted by atomic mass is 15.1. The van der Waals surface area contributed by atoms with Gasteiger partial charge in [0.1, 0.15) is 0 Å². The quantitative estimate of drug-likeness (QED) is 0.147. The van der Waals surface area contributed by atoms with Crippen LogP contribution in [0.1, 0.15) is 48.6 Å². The van der Waals surface area contributed by atoms with E-state index in [1.807, 2.05) is 0 Å². The molecule has 2 aliphatic carbocycles. The summed E-state index contributed by atoms with van der Waals surface area (Å²) in [5.41, 5.74) is 24.5. The molecule has 66 heavy (non-hydrogen) atoms. The highest BCUT2D eigenvalue weighted by Gasteiger charge is 2.41. The summed E-state index contributed by atoms with van der Waals surface area (Å²) < 4.78 is 0. The predicted molar refractivity (Wildman–Crippen MR) is 278 cm³/mol. The van der Waals surface area contributed by atoms with E-state index in [0.29, 0.717) is 0 Å². The van der Waals surface area contributed by atoms with Crippen LogP contribution in [0.5, 0.6) is 0 Å². The molecule has 0 fully saturated rings. The van der Waals surface area contributed by atoms with E-state index >= 15 is 0 Å². The Balaban J connectivity index is 1.03.